The third kappa shape index (κ3) is 2.57. The molecule has 2 N–H and O–H groups in total. The summed E-state index contributed by atoms with van der Waals surface area (Å²) in [6.07, 6.45) is 1.64. The van der Waals surface area contributed by atoms with Gasteiger partial charge in [-0.15, -0.1) is 0 Å². The van der Waals surface area contributed by atoms with Crippen LogP contribution in [0.5, 0.6) is 0 Å². The Morgan fingerprint density at radius 3 is 2.94 bits per heavy atom. The average molecular weight is 315 g/mol. The third-order valence-electron chi connectivity index (χ3n) is 3.58. The summed E-state index contributed by atoms with van der Waals surface area (Å²) in [5, 5.41) is 6.10. The Bertz CT molecular complexity index is 458. The number of halogens is 2. The number of hydrogen-bond acceptors (Lipinski definition) is 2. The van der Waals surface area contributed by atoms with Gasteiger partial charge in [0.2, 0.25) is 5.91 Å². The number of rotatable bonds is 3. The van der Waals surface area contributed by atoms with Gasteiger partial charge in [-0.1, -0.05) is 6.92 Å². The molecule has 0 saturated carbocycles. The van der Waals surface area contributed by atoms with Crippen molar-refractivity contribution in [3.63, 3.8) is 0 Å². The first kappa shape index (κ1) is 13.5. The van der Waals surface area contributed by atoms with Gasteiger partial charge >= 0.3 is 0 Å². The maximum absolute atomic E-state index is 13.0. The molecule has 0 aliphatic carbocycles. The Hall–Kier alpha value is -0.940. The second-order valence-corrected chi connectivity index (χ2v) is 5.49. The van der Waals surface area contributed by atoms with Gasteiger partial charge in [-0.25, -0.2) is 4.39 Å². The summed E-state index contributed by atoms with van der Waals surface area (Å²) < 4.78 is 13.5. The van der Waals surface area contributed by atoms with Gasteiger partial charge < -0.3 is 10.6 Å². The molecule has 1 aromatic carbocycles. The van der Waals surface area contributed by atoms with Crippen LogP contribution < -0.4 is 10.6 Å². The van der Waals surface area contributed by atoms with Crippen LogP contribution in [0.25, 0.3) is 0 Å². The van der Waals surface area contributed by atoms with Crippen LogP contribution in [0.1, 0.15) is 19.8 Å². The lowest BCUT2D eigenvalue weighted by molar-refractivity contribution is -0.124. The van der Waals surface area contributed by atoms with Crippen molar-refractivity contribution in [3.05, 3.63) is 28.5 Å². The van der Waals surface area contributed by atoms with Crippen molar-refractivity contribution in [2.75, 3.05) is 18.4 Å². The molecule has 1 heterocycles. The summed E-state index contributed by atoms with van der Waals surface area (Å²) >= 11 is 3.25. The Balaban J connectivity index is 2.15. The van der Waals surface area contributed by atoms with E-state index in [0.29, 0.717) is 16.7 Å². The fourth-order valence-electron chi connectivity index (χ4n) is 2.25. The van der Waals surface area contributed by atoms with Crippen molar-refractivity contribution in [1.29, 1.82) is 0 Å². The van der Waals surface area contributed by atoms with E-state index in [2.05, 4.69) is 26.6 Å². The molecule has 1 saturated heterocycles. The molecule has 5 heteroatoms. The van der Waals surface area contributed by atoms with E-state index < -0.39 is 0 Å². The number of benzene rings is 1. The molecular formula is C13H16BrFN2O. The van der Waals surface area contributed by atoms with Crippen LogP contribution in [-0.2, 0) is 4.79 Å². The minimum Gasteiger partial charge on any atom is -0.325 e. The number of nitrogens with one attached hydrogen (secondary N) is 2. The number of amides is 1. The predicted molar refractivity (Wildman–Crippen MR) is 72.9 cm³/mol. The zero-order chi connectivity index (χ0) is 13.2. The largest absolute Gasteiger partial charge is 0.325 e. The Kier molecular flexibility index (Phi) is 4.02. The maximum atomic E-state index is 13.0. The van der Waals surface area contributed by atoms with Crippen LogP contribution in [-0.4, -0.2) is 19.0 Å². The van der Waals surface area contributed by atoms with Crippen molar-refractivity contribution >= 4 is 27.5 Å². The zero-order valence-corrected chi connectivity index (χ0v) is 11.8. The molecule has 1 fully saturated rings. The highest BCUT2D eigenvalue weighted by Crippen LogP contribution is 2.32. The van der Waals surface area contributed by atoms with Gasteiger partial charge in [-0.3, -0.25) is 4.79 Å². The van der Waals surface area contributed by atoms with Crippen LogP contribution in [0.2, 0.25) is 0 Å². The lowest BCUT2D eigenvalue weighted by atomic mass is 9.83. The van der Waals surface area contributed by atoms with E-state index in [9.17, 15) is 9.18 Å². The van der Waals surface area contributed by atoms with E-state index in [1.807, 2.05) is 6.92 Å². The molecule has 2 rings (SSSR count). The van der Waals surface area contributed by atoms with Crippen LogP contribution in [0, 0.1) is 11.2 Å². The highest BCUT2D eigenvalue weighted by atomic mass is 79.9. The molecule has 1 amide bonds. The summed E-state index contributed by atoms with van der Waals surface area (Å²) in [6, 6.07) is 4.26. The Labute approximate surface area is 114 Å². The smallest absolute Gasteiger partial charge is 0.231 e. The van der Waals surface area contributed by atoms with Gasteiger partial charge in [-0.2, -0.15) is 0 Å². The molecule has 1 aliphatic heterocycles. The van der Waals surface area contributed by atoms with Crippen molar-refractivity contribution in [3.8, 4) is 0 Å². The van der Waals surface area contributed by atoms with E-state index in [1.165, 1.54) is 12.1 Å². The molecule has 1 unspecified atom stereocenters. The van der Waals surface area contributed by atoms with Gasteiger partial charge in [0.25, 0.3) is 0 Å². The maximum Gasteiger partial charge on any atom is 0.231 e. The van der Waals surface area contributed by atoms with Crippen LogP contribution in [0.15, 0.2) is 22.7 Å². The van der Waals surface area contributed by atoms with Crippen LogP contribution in [0.4, 0.5) is 10.1 Å². The van der Waals surface area contributed by atoms with E-state index in [1.54, 1.807) is 6.07 Å². The quantitative estimate of drug-likeness (QED) is 0.900. The van der Waals surface area contributed by atoms with Crippen molar-refractivity contribution < 1.29 is 9.18 Å². The molecule has 1 aliphatic rings. The molecule has 0 radical (unpaired) electrons. The summed E-state index contributed by atoms with van der Waals surface area (Å²) in [4.78, 5) is 12.3. The highest BCUT2D eigenvalue weighted by molar-refractivity contribution is 9.10. The lowest BCUT2D eigenvalue weighted by Gasteiger charge is -2.25. The summed E-state index contributed by atoms with van der Waals surface area (Å²) in [5.74, 6) is -0.324. The Morgan fingerprint density at radius 1 is 1.61 bits per heavy atom. The normalized spacial score (nSPS) is 23.1. The van der Waals surface area contributed by atoms with E-state index in [-0.39, 0.29) is 17.1 Å². The SMILES string of the molecule is CCC1(C(=O)Nc2ccc(F)cc2Br)CCNC1. The van der Waals surface area contributed by atoms with Crippen molar-refractivity contribution in [2.45, 2.75) is 19.8 Å². The van der Waals surface area contributed by atoms with E-state index in [4.69, 9.17) is 0 Å². The molecule has 18 heavy (non-hydrogen) atoms. The van der Waals surface area contributed by atoms with Gasteiger partial charge in [0.1, 0.15) is 5.82 Å². The number of carbonyl (C=O) groups excluding carboxylic acids is 1. The fraction of sp³-hybridized carbons (Fsp3) is 0.462. The van der Waals surface area contributed by atoms with E-state index >= 15 is 0 Å². The van der Waals surface area contributed by atoms with Gasteiger partial charge in [0, 0.05) is 11.0 Å². The van der Waals surface area contributed by atoms with Gasteiger partial charge in [0.05, 0.1) is 11.1 Å². The number of anilines is 1. The topological polar surface area (TPSA) is 41.1 Å². The number of hydrogen-bond donors (Lipinski definition) is 2. The highest BCUT2D eigenvalue weighted by Gasteiger charge is 2.39. The number of carbonyl (C=O) groups is 1. The third-order valence-corrected chi connectivity index (χ3v) is 4.24. The molecule has 1 aromatic rings. The first-order chi connectivity index (χ1) is 8.57. The first-order valence-electron chi connectivity index (χ1n) is 6.04. The molecule has 1 atom stereocenters. The van der Waals surface area contributed by atoms with E-state index in [0.717, 1.165) is 19.4 Å². The summed E-state index contributed by atoms with van der Waals surface area (Å²) in [5.41, 5.74) is 0.273. The van der Waals surface area contributed by atoms with Crippen LogP contribution in [0.3, 0.4) is 0 Å². The Morgan fingerprint density at radius 2 is 2.39 bits per heavy atom. The predicted octanol–water partition coefficient (Wildman–Crippen LogP) is 2.92. The summed E-state index contributed by atoms with van der Waals surface area (Å²) in [6.45, 7) is 3.59. The summed E-state index contributed by atoms with van der Waals surface area (Å²) in [7, 11) is 0. The second kappa shape index (κ2) is 5.36. The minimum absolute atomic E-state index is 0.00214. The lowest BCUT2D eigenvalue weighted by Crippen LogP contribution is -2.37. The standard InChI is InChI=1S/C13H16BrFN2O/c1-2-13(5-6-16-8-13)12(18)17-11-4-3-9(15)7-10(11)14/h3-4,7,16H,2,5-6,8H2,1H3,(H,17,18). The molecule has 0 aromatic heterocycles. The average Bonchev–Trinajstić information content (AvgIpc) is 2.82. The van der Waals surface area contributed by atoms with Gasteiger partial charge in [-0.05, 0) is 53.5 Å². The first-order valence-corrected chi connectivity index (χ1v) is 6.84. The molecule has 0 bridgehead atoms. The molecule has 0 spiro atoms. The monoisotopic (exact) mass is 314 g/mol. The molecular weight excluding hydrogens is 299 g/mol. The van der Waals surface area contributed by atoms with Crippen molar-refractivity contribution in [1.82, 2.24) is 5.32 Å². The molecule has 98 valence electrons. The second-order valence-electron chi connectivity index (χ2n) is 4.64. The molecule has 3 nitrogen and oxygen atoms in total. The van der Waals surface area contributed by atoms with Crippen molar-refractivity contribution in [2.24, 2.45) is 5.41 Å². The fourth-order valence-corrected chi connectivity index (χ4v) is 2.70. The zero-order valence-electron chi connectivity index (χ0n) is 10.2. The minimum atomic E-state index is -0.339. The van der Waals surface area contributed by atoms with Crippen LogP contribution >= 0.6 is 15.9 Å². The van der Waals surface area contributed by atoms with Gasteiger partial charge in [0.15, 0.2) is 0 Å².